The molecule has 3 heterocycles. The van der Waals surface area contributed by atoms with Crippen molar-refractivity contribution in [3.63, 3.8) is 0 Å². The van der Waals surface area contributed by atoms with Crippen LogP contribution in [0.1, 0.15) is 29.5 Å². The van der Waals surface area contributed by atoms with E-state index in [4.69, 9.17) is 4.98 Å². The van der Waals surface area contributed by atoms with Gasteiger partial charge in [-0.25, -0.2) is 4.98 Å². The number of pyridine rings is 1. The normalized spacial score (nSPS) is 14.2. The highest BCUT2D eigenvalue weighted by atomic mass is 16.1. The van der Waals surface area contributed by atoms with Gasteiger partial charge in [0.25, 0.3) is 11.5 Å². The summed E-state index contributed by atoms with van der Waals surface area (Å²) < 4.78 is 1.46. The van der Waals surface area contributed by atoms with E-state index in [1.165, 1.54) is 16.0 Å². The molecule has 0 spiro atoms. The van der Waals surface area contributed by atoms with Crippen LogP contribution < -0.4 is 15.8 Å². The minimum Gasteiger partial charge on any atom is -0.356 e. The first kappa shape index (κ1) is 25.9. The summed E-state index contributed by atoms with van der Waals surface area (Å²) >= 11 is 0. The fourth-order valence-electron chi connectivity index (χ4n) is 5.11. The predicted molar refractivity (Wildman–Crippen MR) is 153 cm³/mol. The molecule has 0 saturated carbocycles. The maximum atomic E-state index is 13.6. The van der Waals surface area contributed by atoms with Crippen LogP contribution in [0.2, 0.25) is 0 Å². The van der Waals surface area contributed by atoms with Crippen molar-refractivity contribution in [3.05, 3.63) is 118 Å². The molecule has 0 unspecified atom stereocenters. The SMILES string of the molecule is N#CC(=Cc1c(N2CCC(Cc3ccccc3)CC2)nc2ccccn2c1=O)C(=O)NCCc1ccccc1. The van der Waals surface area contributed by atoms with E-state index in [0.717, 1.165) is 37.9 Å². The largest absolute Gasteiger partial charge is 0.356 e. The molecule has 39 heavy (non-hydrogen) atoms. The zero-order valence-electron chi connectivity index (χ0n) is 21.8. The molecule has 0 radical (unpaired) electrons. The number of aromatic nitrogens is 2. The van der Waals surface area contributed by atoms with E-state index < -0.39 is 5.91 Å². The summed E-state index contributed by atoms with van der Waals surface area (Å²) in [5.41, 5.74) is 2.81. The van der Waals surface area contributed by atoms with Crippen LogP contribution in [-0.4, -0.2) is 34.9 Å². The second-order valence-corrected chi connectivity index (χ2v) is 9.86. The van der Waals surface area contributed by atoms with Gasteiger partial charge in [-0.3, -0.25) is 14.0 Å². The molecule has 0 atom stereocenters. The maximum Gasteiger partial charge on any atom is 0.267 e. The van der Waals surface area contributed by atoms with Gasteiger partial charge in [-0.05, 0) is 60.9 Å². The number of piperidine rings is 1. The summed E-state index contributed by atoms with van der Waals surface area (Å²) in [6.45, 7) is 1.89. The lowest BCUT2D eigenvalue weighted by molar-refractivity contribution is -0.117. The fourth-order valence-corrected chi connectivity index (χ4v) is 5.11. The molecule has 1 fully saturated rings. The minimum absolute atomic E-state index is 0.113. The Morgan fingerprint density at radius 1 is 0.974 bits per heavy atom. The summed E-state index contributed by atoms with van der Waals surface area (Å²) in [6.07, 6.45) is 6.67. The minimum atomic E-state index is -0.501. The van der Waals surface area contributed by atoms with Crippen LogP contribution in [0, 0.1) is 17.2 Å². The first-order valence-electron chi connectivity index (χ1n) is 13.4. The molecule has 1 saturated heterocycles. The van der Waals surface area contributed by atoms with E-state index in [1.807, 2.05) is 48.5 Å². The molecule has 7 nitrogen and oxygen atoms in total. The Kier molecular flexibility index (Phi) is 8.13. The zero-order valence-corrected chi connectivity index (χ0v) is 21.8. The highest BCUT2D eigenvalue weighted by Crippen LogP contribution is 2.27. The summed E-state index contributed by atoms with van der Waals surface area (Å²) in [6, 6.07) is 27.7. The zero-order chi connectivity index (χ0) is 27.0. The van der Waals surface area contributed by atoms with Crippen molar-refractivity contribution in [2.75, 3.05) is 24.5 Å². The number of carbonyl (C=O) groups is 1. The standard InChI is InChI=1S/C32H31N5O2/c33-23-27(31(38)34-17-14-24-9-3-1-4-10-24)22-28-30(35-29-13-7-8-18-37(29)32(28)39)36-19-15-26(16-20-36)21-25-11-5-2-6-12-25/h1-13,18,22,26H,14-17,19-21H2,(H,34,38). The average molecular weight is 518 g/mol. The van der Waals surface area contributed by atoms with Crippen molar-refractivity contribution in [1.82, 2.24) is 14.7 Å². The number of nitrogens with one attached hydrogen (secondary N) is 1. The second-order valence-electron chi connectivity index (χ2n) is 9.86. The number of rotatable bonds is 8. The molecule has 0 bridgehead atoms. The third kappa shape index (κ3) is 6.24. The number of nitrogens with zero attached hydrogens (tertiary/aromatic N) is 4. The number of anilines is 1. The first-order chi connectivity index (χ1) is 19.1. The monoisotopic (exact) mass is 517 g/mol. The van der Waals surface area contributed by atoms with Gasteiger partial charge in [0.15, 0.2) is 0 Å². The van der Waals surface area contributed by atoms with Crippen molar-refractivity contribution >= 4 is 23.4 Å². The van der Waals surface area contributed by atoms with Gasteiger partial charge >= 0.3 is 0 Å². The van der Waals surface area contributed by atoms with Crippen LogP contribution in [0.4, 0.5) is 5.82 Å². The molecule has 4 aromatic rings. The molecule has 1 amide bonds. The van der Waals surface area contributed by atoms with E-state index in [0.29, 0.717) is 30.3 Å². The van der Waals surface area contributed by atoms with E-state index in [-0.39, 0.29) is 16.7 Å². The third-order valence-electron chi connectivity index (χ3n) is 7.23. The van der Waals surface area contributed by atoms with Crippen LogP contribution in [0.25, 0.3) is 11.7 Å². The fraction of sp³-hybridized carbons (Fsp3) is 0.250. The van der Waals surface area contributed by atoms with Gasteiger partial charge in [0.2, 0.25) is 0 Å². The Bertz CT molecular complexity index is 1560. The van der Waals surface area contributed by atoms with Crippen molar-refractivity contribution in [2.24, 2.45) is 5.92 Å². The third-order valence-corrected chi connectivity index (χ3v) is 7.23. The van der Waals surface area contributed by atoms with Crippen LogP contribution in [0.5, 0.6) is 0 Å². The van der Waals surface area contributed by atoms with Gasteiger partial charge < -0.3 is 10.2 Å². The average Bonchev–Trinajstić information content (AvgIpc) is 2.98. The van der Waals surface area contributed by atoms with E-state index in [9.17, 15) is 14.9 Å². The van der Waals surface area contributed by atoms with Crippen molar-refractivity contribution < 1.29 is 4.79 Å². The lowest BCUT2D eigenvalue weighted by Crippen LogP contribution is -2.37. The van der Waals surface area contributed by atoms with Gasteiger partial charge in [-0.2, -0.15) is 5.26 Å². The maximum absolute atomic E-state index is 13.6. The Labute approximate surface area is 228 Å². The van der Waals surface area contributed by atoms with E-state index in [1.54, 1.807) is 18.3 Å². The van der Waals surface area contributed by atoms with Gasteiger partial charge in [-0.15, -0.1) is 0 Å². The van der Waals surface area contributed by atoms with E-state index in [2.05, 4.69) is 34.5 Å². The molecule has 2 aromatic heterocycles. The number of hydrogen-bond donors (Lipinski definition) is 1. The molecule has 196 valence electrons. The van der Waals surface area contributed by atoms with Crippen LogP contribution >= 0.6 is 0 Å². The summed E-state index contributed by atoms with van der Waals surface area (Å²) in [5.74, 6) is 0.571. The summed E-state index contributed by atoms with van der Waals surface area (Å²) in [4.78, 5) is 33.4. The molecule has 0 aliphatic carbocycles. The Morgan fingerprint density at radius 3 is 2.33 bits per heavy atom. The van der Waals surface area contributed by atoms with Crippen LogP contribution in [0.3, 0.4) is 0 Å². The number of benzene rings is 2. The number of fused-ring (bicyclic) bond motifs is 1. The second kappa shape index (κ2) is 12.2. The lowest BCUT2D eigenvalue weighted by atomic mass is 9.90. The number of nitriles is 1. The summed E-state index contributed by atoms with van der Waals surface area (Å²) in [7, 11) is 0. The van der Waals surface area contributed by atoms with Gasteiger partial charge in [0.1, 0.15) is 23.1 Å². The Hall–Kier alpha value is -4.70. The molecule has 2 aromatic carbocycles. The predicted octanol–water partition coefficient (Wildman–Crippen LogP) is 4.42. The van der Waals surface area contributed by atoms with Crippen molar-refractivity contribution in [3.8, 4) is 6.07 Å². The molecule has 1 aliphatic heterocycles. The van der Waals surface area contributed by atoms with Gasteiger partial charge in [0.05, 0.1) is 5.56 Å². The number of amides is 1. The number of carbonyl (C=O) groups excluding carboxylic acids is 1. The Morgan fingerprint density at radius 2 is 1.64 bits per heavy atom. The molecular formula is C32H31N5O2. The smallest absolute Gasteiger partial charge is 0.267 e. The highest BCUT2D eigenvalue weighted by molar-refractivity contribution is 6.02. The first-order valence-corrected chi connectivity index (χ1v) is 13.4. The van der Waals surface area contributed by atoms with Gasteiger partial charge in [-0.1, -0.05) is 66.7 Å². The molecule has 7 heteroatoms. The van der Waals surface area contributed by atoms with Gasteiger partial charge in [0, 0.05) is 25.8 Å². The van der Waals surface area contributed by atoms with Crippen LogP contribution in [-0.2, 0) is 17.6 Å². The number of hydrogen-bond acceptors (Lipinski definition) is 5. The molecule has 1 N–H and O–H groups in total. The summed E-state index contributed by atoms with van der Waals surface area (Å²) in [5, 5.41) is 12.6. The lowest BCUT2D eigenvalue weighted by Gasteiger charge is -2.33. The quantitative estimate of drug-likeness (QED) is 0.276. The van der Waals surface area contributed by atoms with Crippen molar-refractivity contribution in [1.29, 1.82) is 5.26 Å². The Balaban J connectivity index is 1.38. The van der Waals surface area contributed by atoms with Crippen LogP contribution in [0.15, 0.2) is 95.4 Å². The molecular weight excluding hydrogens is 486 g/mol. The topological polar surface area (TPSA) is 90.5 Å². The highest BCUT2D eigenvalue weighted by Gasteiger charge is 2.25. The van der Waals surface area contributed by atoms with Crippen molar-refractivity contribution in [2.45, 2.75) is 25.7 Å². The molecule has 5 rings (SSSR count). The molecule has 1 aliphatic rings. The van der Waals surface area contributed by atoms with E-state index >= 15 is 0 Å².